The molecule has 1 aliphatic rings. The van der Waals surface area contributed by atoms with Crippen LogP contribution < -0.4 is 0 Å². The lowest BCUT2D eigenvalue weighted by Crippen LogP contribution is -2.42. The van der Waals surface area contributed by atoms with Gasteiger partial charge in [0, 0.05) is 29.8 Å². The van der Waals surface area contributed by atoms with Gasteiger partial charge in [-0.25, -0.2) is 0 Å². The van der Waals surface area contributed by atoms with E-state index in [1.807, 2.05) is 59.5 Å². The lowest BCUT2D eigenvalue weighted by Gasteiger charge is -2.35. The molecule has 4 rings (SSSR count). The minimum absolute atomic E-state index is 0.0930. The van der Waals surface area contributed by atoms with Gasteiger partial charge in [0.25, 0.3) is 5.91 Å². The molecule has 1 fully saturated rings. The summed E-state index contributed by atoms with van der Waals surface area (Å²) in [6.07, 6.45) is 1.18. The third-order valence-electron chi connectivity index (χ3n) is 4.98. The highest BCUT2D eigenvalue weighted by molar-refractivity contribution is 5.94. The summed E-state index contributed by atoms with van der Waals surface area (Å²) in [5.74, 6) is 2.13. The van der Waals surface area contributed by atoms with E-state index in [1.165, 1.54) is 6.42 Å². The van der Waals surface area contributed by atoms with E-state index in [9.17, 15) is 4.79 Å². The second kappa shape index (κ2) is 7.35. The summed E-state index contributed by atoms with van der Waals surface area (Å²) in [6, 6.07) is 17.1. The fourth-order valence-electron chi connectivity index (χ4n) is 3.80. The second-order valence-corrected chi connectivity index (χ2v) is 7.51. The van der Waals surface area contributed by atoms with Crippen LogP contribution in [0.15, 0.2) is 59.0 Å². The van der Waals surface area contributed by atoms with Crippen LogP contribution in [0.5, 0.6) is 0 Å². The van der Waals surface area contributed by atoms with E-state index in [0.717, 1.165) is 24.2 Å². The summed E-state index contributed by atoms with van der Waals surface area (Å²) in [6.45, 7) is 6.07. The zero-order valence-electron chi connectivity index (χ0n) is 15.6. The van der Waals surface area contributed by atoms with Gasteiger partial charge in [-0.1, -0.05) is 32.0 Å². The summed E-state index contributed by atoms with van der Waals surface area (Å²) in [4.78, 5) is 14.8. The summed E-state index contributed by atoms with van der Waals surface area (Å²) < 4.78 is 5.78. The molecule has 27 heavy (non-hydrogen) atoms. The Kier molecular flexibility index (Phi) is 4.75. The van der Waals surface area contributed by atoms with Gasteiger partial charge in [0.1, 0.15) is 0 Å². The average molecular weight is 361 g/mol. The number of carbonyl (C=O) groups is 1. The van der Waals surface area contributed by atoms with Crippen LogP contribution in [0.4, 0.5) is 0 Å². The van der Waals surface area contributed by atoms with Gasteiger partial charge < -0.3 is 9.32 Å². The van der Waals surface area contributed by atoms with Gasteiger partial charge in [-0.15, -0.1) is 10.2 Å². The molecular weight excluding hydrogens is 338 g/mol. The fourth-order valence-corrected chi connectivity index (χ4v) is 3.80. The third-order valence-corrected chi connectivity index (χ3v) is 4.98. The Bertz CT molecular complexity index is 908. The molecule has 1 aromatic heterocycles. The molecule has 2 atom stereocenters. The maximum atomic E-state index is 12.8. The number of hydrogen-bond acceptors (Lipinski definition) is 4. The molecule has 0 spiro atoms. The molecule has 2 heterocycles. The predicted octanol–water partition coefficient (Wildman–Crippen LogP) is 4.52. The first-order valence-electron chi connectivity index (χ1n) is 9.39. The van der Waals surface area contributed by atoms with Crippen molar-refractivity contribution in [1.82, 2.24) is 15.1 Å². The first-order chi connectivity index (χ1) is 13.1. The maximum Gasteiger partial charge on any atom is 0.253 e. The molecule has 2 unspecified atom stereocenters. The number of benzene rings is 2. The molecular formula is C22H23N3O2. The van der Waals surface area contributed by atoms with Gasteiger partial charge in [0.05, 0.1) is 0 Å². The first kappa shape index (κ1) is 17.5. The van der Waals surface area contributed by atoms with Gasteiger partial charge in [-0.05, 0) is 54.7 Å². The minimum Gasteiger partial charge on any atom is -0.416 e. The number of piperidine rings is 1. The van der Waals surface area contributed by atoms with Crippen LogP contribution in [-0.4, -0.2) is 34.1 Å². The Morgan fingerprint density at radius 3 is 2.04 bits per heavy atom. The molecule has 1 amide bonds. The molecule has 0 aliphatic carbocycles. The van der Waals surface area contributed by atoms with E-state index < -0.39 is 0 Å². The second-order valence-electron chi connectivity index (χ2n) is 7.51. The Balaban J connectivity index is 1.51. The summed E-state index contributed by atoms with van der Waals surface area (Å²) in [5.41, 5.74) is 2.39. The Morgan fingerprint density at radius 2 is 1.44 bits per heavy atom. The zero-order chi connectivity index (χ0) is 18.8. The van der Waals surface area contributed by atoms with E-state index in [-0.39, 0.29) is 5.91 Å². The normalized spacial score (nSPS) is 19.9. The topological polar surface area (TPSA) is 59.2 Å². The molecule has 1 saturated heterocycles. The Morgan fingerprint density at radius 1 is 0.889 bits per heavy atom. The van der Waals surface area contributed by atoms with Gasteiger partial charge >= 0.3 is 0 Å². The SMILES string of the molecule is CC1CC(C)CN(C(=O)c2ccc(-c3nnc(-c4ccccc4)o3)cc2)C1. The molecule has 5 heteroatoms. The number of carbonyl (C=O) groups excluding carboxylic acids is 1. The summed E-state index contributed by atoms with van der Waals surface area (Å²) >= 11 is 0. The zero-order valence-corrected chi connectivity index (χ0v) is 15.6. The third kappa shape index (κ3) is 3.77. The van der Waals surface area contributed by atoms with Crippen molar-refractivity contribution in [3.63, 3.8) is 0 Å². The number of hydrogen-bond donors (Lipinski definition) is 0. The minimum atomic E-state index is 0.0930. The molecule has 0 radical (unpaired) electrons. The lowest BCUT2D eigenvalue weighted by atomic mass is 9.91. The number of nitrogens with zero attached hydrogens (tertiary/aromatic N) is 3. The maximum absolute atomic E-state index is 12.8. The van der Waals surface area contributed by atoms with E-state index in [4.69, 9.17) is 4.42 Å². The molecule has 0 N–H and O–H groups in total. The largest absolute Gasteiger partial charge is 0.416 e. The highest BCUT2D eigenvalue weighted by Crippen LogP contribution is 2.25. The number of rotatable bonds is 3. The van der Waals surface area contributed by atoms with Gasteiger partial charge in [0.15, 0.2) is 0 Å². The molecule has 1 aliphatic heterocycles. The van der Waals surface area contributed by atoms with Crippen molar-refractivity contribution < 1.29 is 9.21 Å². The van der Waals surface area contributed by atoms with Crippen LogP contribution in [0.25, 0.3) is 22.9 Å². The summed E-state index contributed by atoms with van der Waals surface area (Å²) in [5, 5.41) is 8.25. The molecule has 5 nitrogen and oxygen atoms in total. The van der Waals surface area contributed by atoms with E-state index in [1.54, 1.807) is 0 Å². The Hall–Kier alpha value is -2.95. The quantitative estimate of drug-likeness (QED) is 0.688. The van der Waals surface area contributed by atoms with Crippen LogP contribution >= 0.6 is 0 Å². The predicted molar refractivity (Wildman–Crippen MR) is 104 cm³/mol. The van der Waals surface area contributed by atoms with E-state index in [2.05, 4.69) is 24.0 Å². The van der Waals surface area contributed by atoms with E-state index in [0.29, 0.717) is 29.2 Å². The van der Waals surface area contributed by atoms with Crippen LogP contribution in [0.1, 0.15) is 30.6 Å². The highest BCUT2D eigenvalue weighted by Gasteiger charge is 2.26. The van der Waals surface area contributed by atoms with Crippen molar-refractivity contribution in [2.24, 2.45) is 11.8 Å². The molecule has 3 aromatic rings. The molecule has 2 aromatic carbocycles. The number of amides is 1. The van der Waals surface area contributed by atoms with Crippen LogP contribution in [0, 0.1) is 11.8 Å². The van der Waals surface area contributed by atoms with Crippen molar-refractivity contribution >= 4 is 5.91 Å². The number of likely N-dealkylation sites (tertiary alicyclic amines) is 1. The van der Waals surface area contributed by atoms with Crippen molar-refractivity contribution in [3.8, 4) is 22.9 Å². The van der Waals surface area contributed by atoms with Gasteiger partial charge in [-0.2, -0.15) is 0 Å². The van der Waals surface area contributed by atoms with E-state index >= 15 is 0 Å². The fraction of sp³-hybridized carbons (Fsp3) is 0.318. The molecule has 0 bridgehead atoms. The highest BCUT2D eigenvalue weighted by atomic mass is 16.4. The smallest absolute Gasteiger partial charge is 0.253 e. The summed E-state index contributed by atoms with van der Waals surface area (Å²) in [7, 11) is 0. The standard InChI is InChI=1S/C22H23N3O2/c1-15-12-16(2)14-25(13-15)22(26)19-10-8-18(9-11-19)21-24-23-20(27-21)17-6-4-3-5-7-17/h3-11,15-16H,12-14H2,1-2H3. The van der Waals surface area contributed by atoms with Crippen LogP contribution in [0.2, 0.25) is 0 Å². The lowest BCUT2D eigenvalue weighted by molar-refractivity contribution is 0.0623. The van der Waals surface area contributed by atoms with Crippen molar-refractivity contribution in [1.29, 1.82) is 0 Å². The first-order valence-corrected chi connectivity index (χ1v) is 9.39. The van der Waals surface area contributed by atoms with Gasteiger partial charge in [0.2, 0.25) is 11.8 Å². The van der Waals surface area contributed by atoms with Gasteiger partial charge in [-0.3, -0.25) is 4.79 Å². The molecule has 0 saturated carbocycles. The molecule has 138 valence electrons. The number of aromatic nitrogens is 2. The van der Waals surface area contributed by atoms with Crippen molar-refractivity contribution in [2.45, 2.75) is 20.3 Å². The van der Waals surface area contributed by atoms with Crippen molar-refractivity contribution in [2.75, 3.05) is 13.1 Å². The van der Waals surface area contributed by atoms with Crippen LogP contribution in [0.3, 0.4) is 0 Å². The average Bonchev–Trinajstić information content (AvgIpc) is 3.18. The monoisotopic (exact) mass is 361 g/mol. The van der Waals surface area contributed by atoms with Crippen molar-refractivity contribution in [3.05, 3.63) is 60.2 Å². The Labute approximate surface area is 159 Å². The van der Waals surface area contributed by atoms with Crippen LogP contribution in [-0.2, 0) is 0 Å².